The van der Waals surface area contributed by atoms with Crippen molar-refractivity contribution in [2.75, 3.05) is 14.2 Å². The Balaban J connectivity index is 2.37. The Labute approximate surface area is 107 Å². The van der Waals surface area contributed by atoms with Crippen LogP contribution in [0.5, 0.6) is 11.5 Å². The molecule has 0 fully saturated rings. The Morgan fingerprint density at radius 1 is 1.24 bits per heavy atom. The highest BCUT2D eigenvalue weighted by Gasteiger charge is 2.16. The number of hydrogen-bond acceptors (Lipinski definition) is 2. The van der Waals surface area contributed by atoms with E-state index in [0.717, 1.165) is 36.3 Å². The van der Waals surface area contributed by atoms with E-state index in [1.807, 2.05) is 18.2 Å². The average molecular weight is 253 g/mol. The third-order valence-corrected chi connectivity index (χ3v) is 3.41. The average Bonchev–Trinajstić information content (AvgIpc) is 2.38. The first kappa shape index (κ1) is 12.3. The molecule has 0 amide bonds. The van der Waals surface area contributed by atoms with E-state index < -0.39 is 0 Å². The molecule has 1 aliphatic carbocycles. The number of hydrogen-bond donors (Lipinski definition) is 0. The third kappa shape index (κ3) is 2.75. The molecule has 0 heterocycles. The molecule has 1 aromatic carbocycles. The molecule has 0 aliphatic heterocycles. The van der Waals surface area contributed by atoms with Crippen LogP contribution in [-0.4, -0.2) is 19.6 Å². The SMILES string of the molecule is COc1ccc(C2=CC(Cl)CCC2)c(OC)c1. The summed E-state index contributed by atoms with van der Waals surface area (Å²) in [4.78, 5) is 0. The van der Waals surface area contributed by atoms with Crippen molar-refractivity contribution in [2.24, 2.45) is 0 Å². The Hall–Kier alpha value is -1.15. The van der Waals surface area contributed by atoms with Gasteiger partial charge in [0.1, 0.15) is 11.5 Å². The first-order valence-corrected chi connectivity index (χ1v) is 6.25. The lowest BCUT2D eigenvalue weighted by Crippen LogP contribution is -2.04. The minimum absolute atomic E-state index is 0.144. The Kier molecular flexibility index (Phi) is 3.95. The van der Waals surface area contributed by atoms with Crippen LogP contribution in [0.15, 0.2) is 24.3 Å². The lowest BCUT2D eigenvalue weighted by atomic mass is 9.93. The van der Waals surface area contributed by atoms with Gasteiger partial charge < -0.3 is 9.47 Å². The maximum atomic E-state index is 6.17. The number of allylic oxidation sites excluding steroid dienone is 2. The van der Waals surface area contributed by atoms with Crippen molar-refractivity contribution >= 4 is 17.2 Å². The van der Waals surface area contributed by atoms with Gasteiger partial charge in [0.25, 0.3) is 0 Å². The molecule has 2 rings (SSSR count). The molecule has 0 spiro atoms. The third-order valence-electron chi connectivity index (χ3n) is 3.06. The highest BCUT2D eigenvalue weighted by Crippen LogP contribution is 2.36. The summed E-state index contributed by atoms with van der Waals surface area (Å²) in [5.41, 5.74) is 2.40. The Morgan fingerprint density at radius 3 is 2.71 bits per heavy atom. The molecule has 1 aromatic rings. The van der Waals surface area contributed by atoms with Gasteiger partial charge in [0.15, 0.2) is 0 Å². The molecule has 0 saturated carbocycles. The number of methoxy groups -OCH3 is 2. The van der Waals surface area contributed by atoms with Gasteiger partial charge in [-0.3, -0.25) is 0 Å². The van der Waals surface area contributed by atoms with E-state index in [-0.39, 0.29) is 5.38 Å². The topological polar surface area (TPSA) is 18.5 Å². The van der Waals surface area contributed by atoms with E-state index in [0.29, 0.717) is 0 Å². The zero-order valence-corrected chi connectivity index (χ0v) is 11.0. The Bertz CT molecular complexity index is 426. The van der Waals surface area contributed by atoms with Gasteiger partial charge in [-0.25, -0.2) is 0 Å². The molecule has 0 N–H and O–H groups in total. The Morgan fingerprint density at radius 2 is 2.06 bits per heavy atom. The van der Waals surface area contributed by atoms with Gasteiger partial charge in [0, 0.05) is 11.6 Å². The molecule has 0 saturated heterocycles. The summed E-state index contributed by atoms with van der Waals surface area (Å²) in [6.07, 6.45) is 5.39. The second-order valence-electron chi connectivity index (χ2n) is 4.17. The fraction of sp³-hybridized carbons (Fsp3) is 0.429. The van der Waals surface area contributed by atoms with Crippen molar-refractivity contribution in [3.8, 4) is 11.5 Å². The molecule has 1 unspecified atom stereocenters. The van der Waals surface area contributed by atoms with E-state index in [4.69, 9.17) is 21.1 Å². The van der Waals surface area contributed by atoms with Crippen molar-refractivity contribution in [2.45, 2.75) is 24.6 Å². The molecule has 2 nitrogen and oxygen atoms in total. The zero-order chi connectivity index (χ0) is 12.3. The highest BCUT2D eigenvalue weighted by atomic mass is 35.5. The van der Waals surface area contributed by atoms with Crippen molar-refractivity contribution in [1.82, 2.24) is 0 Å². The number of alkyl halides is 1. The van der Waals surface area contributed by atoms with Crippen molar-refractivity contribution in [3.63, 3.8) is 0 Å². The van der Waals surface area contributed by atoms with E-state index in [1.165, 1.54) is 5.57 Å². The monoisotopic (exact) mass is 252 g/mol. The fourth-order valence-electron chi connectivity index (χ4n) is 2.16. The molecule has 0 radical (unpaired) electrons. The van der Waals surface area contributed by atoms with Crippen LogP contribution in [0.4, 0.5) is 0 Å². The van der Waals surface area contributed by atoms with E-state index in [9.17, 15) is 0 Å². The summed E-state index contributed by atoms with van der Waals surface area (Å²) >= 11 is 6.17. The van der Waals surface area contributed by atoms with Gasteiger partial charge in [0.2, 0.25) is 0 Å². The van der Waals surface area contributed by atoms with Crippen molar-refractivity contribution in [3.05, 3.63) is 29.8 Å². The van der Waals surface area contributed by atoms with E-state index >= 15 is 0 Å². The molecule has 3 heteroatoms. The van der Waals surface area contributed by atoms with Crippen LogP contribution in [-0.2, 0) is 0 Å². The second-order valence-corrected chi connectivity index (χ2v) is 4.73. The summed E-state index contributed by atoms with van der Waals surface area (Å²) in [5, 5.41) is 0.144. The molecule has 92 valence electrons. The van der Waals surface area contributed by atoms with Gasteiger partial charge in [-0.05, 0) is 37.0 Å². The number of rotatable bonds is 3. The summed E-state index contributed by atoms with van der Waals surface area (Å²) in [5.74, 6) is 1.66. The van der Waals surface area contributed by atoms with E-state index in [2.05, 4.69) is 6.08 Å². The molecule has 0 bridgehead atoms. The molecule has 1 aliphatic rings. The van der Waals surface area contributed by atoms with Gasteiger partial charge in [-0.2, -0.15) is 0 Å². The largest absolute Gasteiger partial charge is 0.497 e. The minimum Gasteiger partial charge on any atom is -0.497 e. The maximum Gasteiger partial charge on any atom is 0.130 e. The van der Waals surface area contributed by atoms with Crippen LogP contribution in [0.25, 0.3) is 5.57 Å². The fourth-order valence-corrected chi connectivity index (χ4v) is 2.47. The maximum absolute atomic E-state index is 6.17. The first-order chi connectivity index (χ1) is 8.24. The summed E-state index contributed by atoms with van der Waals surface area (Å²) in [7, 11) is 3.34. The smallest absolute Gasteiger partial charge is 0.130 e. The lowest BCUT2D eigenvalue weighted by Gasteiger charge is -2.19. The first-order valence-electron chi connectivity index (χ1n) is 5.81. The van der Waals surface area contributed by atoms with Gasteiger partial charge >= 0.3 is 0 Å². The summed E-state index contributed by atoms with van der Waals surface area (Å²) in [6, 6.07) is 5.91. The highest BCUT2D eigenvalue weighted by molar-refractivity contribution is 6.22. The standard InChI is InChI=1S/C14H17ClO2/c1-16-12-6-7-13(14(9-12)17-2)10-4-3-5-11(15)8-10/h6-9,11H,3-5H2,1-2H3. The van der Waals surface area contributed by atoms with Crippen LogP contribution < -0.4 is 9.47 Å². The molecular weight excluding hydrogens is 236 g/mol. The normalized spacial score (nSPS) is 19.7. The second kappa shape index (κ2) is 5.46. The number of halogens is 1. The van der Waals surface area contributed by atoms with Crippen molar-refractivity contribution in [1.29, 1.82) is 0 Å². The van der Waals surface area contributed by atoms with Gasteiger partial charge in [-0.1, -0.05) is 6.08 Å². The predicted molar refractivity (Wildman–Crippen MR) is 71.0 cm³/mol. The summed E-state index contributed by atoms with van der Waals surface area (Å²) in [6.45, 7) is 0. The number of benzene rings is 1. The lowest BCUT2D eigenvalue weighted by molar-refractivity contribution is 0.393. The van der Waals surface area contributed by atoms with E-state index in [1.54, 1.807) is 14.2 Å². The minimum atomic E-state index is 0.144. The van der Waals surface area contributed by atoms with Gasteiger partial charge in [0.05, 0.1) is 19.6 Å². The molecule has 1 atom stereocenters. The number of ether oxygens (including phenoxy) is 2. The van der Waals surface area contributed by atoms with Crippen LogP contribution >= 0.6 is 11.6 Å². The van der Waals surface area contributed by atoms with Crippen LogP contribution in [0.2, 0.25) is 0 Å². The molecular formula is C14H17ClO2. The van der Waals surface area contributed by atoms with Crippen LogP contribution in [0, 0.1) is 0 Å². The van der Waals surface area contributed by atoms with Gasteiger partial charge in [-0.15, -0.1) is 11.6 Å². The molecule has 17 heavy (non-hydrogen) atoms. The van der Waals surface area contributed by atoms with Crippen LogP contribution in [0.3, 0.4) is 0 Å². The molecule has 0 aromatic heterocycles. The summed E-state index contributed by atoms with van der Waals surface area (Å²) < 4.78 is 10.6. The zero-order valence-electron chi connectivity index (χ0n) is 10.2. The quantitative estimate of drug-likeness (QED) is 0.760. The predicted octanol–water partition coefficient (Wildman–Crippen LogP) is 3.88. The van der Waals surface area contributed by atoms with Crippen molar-refractivity contribution < 1.29 is 9.47 Å². The van der Waals surface area contributed by atoms with Crippen LogP contribution in [0.1, 0.15) is 24.8 Å².